The number of hydrogen-bond donors (Lipinski definition) is 9. The summed E-state index contributed by atoms with van der Waals surface area (Å²) >= 11 is 0. The van der Waals surface area contributed by atoms with E-state index in [9.17, 15) is 33.3 Å². The molecule has 13 N–H and O–H groups in total. The molecule has 0 aliphatic heterocycles. The van der Waals surface area contributed by atoms with E-state index in [-0.39, 0.29) is 123 Å². The number of aliphatic hydroxyl groups is 1. The minimum Gasteiger partial charge on any atom is -0.496 e. The van der Waals surface area contributed by atoms with E-state index in [0.717, 1.165) is 60.8 Å². The number of carbonyl (C=O) groups is 2. The van der Waals surface area contributed by atoms with Crippen LogP contribution in [0.1, 0.15) is 104 Å². The molecule has 0 saturated heterocycles. The van der Waals surface area contributed by atoms with Crippen LogP contribution in [0.25, 0.3) is 44.7 Å². The largest absolute Gasteiger partial charge is 0.496 e. The van der Waals surface area contributed by atoms with Crippen molar-refractivity contribution in [2.75, 3.05) is 98.1 Å². The van der Waals surface area contributed by atoms with Crippen LogP contribution >= 0.6 is 7.82 Å². The number of unbranched alkanes of at least 4 members (excludes halogenated alkanes) is 3. The van der Waals surface area contributed by atoms with Crippen LogP contribution in [0.2, 0.25) is 0 Å². The molecule has 4 aromatic carbocycles. The number of phosphoric ester groups is 1. The molecule has 113 heavy (non-hydrogen) atoms. The maximum absolute atomic E-state index is 12.6. The van der Waals surface area contributed by atoms with Crippen LogP contribution in [-0.2, 0) is 71.6 Å². The number of nitrogen functional groups attached to an aromatic ring is 4. The Balaban J connectivity index is 0.000000174. The Hall–Kier alpha value is -12.7. The maximum Gasteiger partial charge on any atom is 0.474 e. The number of esters is 2. The minimum atomic E-state index is -3.59. The first-order valence-electron chi connectivity index (χ1n) is 35.7. The fourth-order valence-corrected chi connectivity index (χ4v) is 11.5. The van der Waals surface area contributed by atoms with Gasteiger partial charge in [0, 0.05) is 32.8 Å². The van der Waals surface area contributed by atoms with Crippen LogP contribution in [0.3, 0.4) is 0 Å². The number of imidazole rings is 4. The van der Waals surface area contributed by atoms with Crippen LogP contribution in [0.4, 0.5) is 23.3 Å². The monoisotopic (exact) mass is 1580 g/mol. The van der Waals surface area contributed by atoms with Gasteiger partial charge in [-0.3, -0.25) is 36.6 Å². The van der Waals surface area contributed by atoms with Crippen LogP contribution in [0.5, 0.6) is 35.5 Å². The molecule has 39 nitrogen and oxygen atoms in total. The van der Waals surface area contributed by atoms with Crippen molar-refractivity contribution >= 4 is 87.7 Å². The van der Waals surface area contributed by atoms with E-state index in [2.05, 4.69) is 59.8 Å². The highest BCUT2D eigenvalue weighted by atomic mass is 31.2. The molecule has 0 amide bonds. The number of aromatic amines is 4. The molecule has 0 aliphatic carbocycles. The molecule has 0 saturated carbocycles. The first-order chi connectivity index (χ1) is 54.6. The van der Waals surface area contributed by atoms with Crippen LogP contribution in [0.15, 0.2) is 116 Å². The van der Waals surface area contributed by atoms with Crippen molar-refractivity contribution in [2.24, 2.45) is 0 Å². The molecule has 0 bridgehead atoms. The fourth-order valence-electron chi connectivity index (χ4n) is 10.8. The molecule has 0 aliphatic rings. The fraction of sp³-hybridized carbons (Fsp3) is 0.370. The number of benzene rings is 4. The molecule has 0 fully saturated rings. The number of rotatable bonds is 35. The van der Waals surface area contributed by atoms with Gasteiger partial charge >= 0.3 is 66.6 Å². The molecule has 12 rings (SSSR count). The average Bonchev–Trinajstić information content (AvgIpc) is 1.65. The predicted molar refractivity (Wildman–Crippen MR) is 417 cm³/mol. The van der Waals surface area contributed by atoms with Gasteiger partial charge in [0.05, 0.1) is 92.5 Å². The van der Waals surface area contributed by atoms with E-state index in [1.165, 1.54) is 53.8 Å². The number of fused-ring (bicyclic) bond motifs is 4. The van der Waals surface area contributed by atoms with E-state index < -0.39 is 19.5 Å². The van der Waals surface area contributed by atoms with E-state index in [0.29, 0.717) is 100 Å². The summed E-state index contributed by atoms with van der Waals surface area (Å²) in [6.45, 7) is 8.97. The predicted octanol–water partition coefficient (Wildman–Crippen LogP) is 6.76. The van der Waals surface area contributed by atoms with Gasteiger partial charge in [0.15, 0.2) is 45.9 Å². The first kappa shape index (κ1) is 84.3. The van der Waals surface area contributed by atoms with Gasteiger partial charge in [0.25, 0.3) is 0 Å². The van der Waals surface area contributed by atoms with Gasteiger partial charge in [0.2, 0.25) is 0 Å². The second kappa shape index (κ2) is 40.8. The van der Waals surface area contributed by atoms with Crippen molar-refractivity contribution in [3.05, 3.63) is 172 Å². The number of aliphatic hydroxyl groups excluding tert-OH is 1. The summed E-state index contributed by atoms with van der Waals surface area (Å²) < 4.78 is 75.1. The van der Waals surface area contributed by atoms with Gasteiger partial charge in [0.1, 0.15) is 40.2 Å². The molecular formula is C73H91N20O19P. The second-order valence-electron chi connectivity index (χ2n) is 24.7. The summed E-state index contributed by atoms with van der Waals surface area (Å²) in [7, 11) is 3.10. The second-order valence-corrected chi connectivity index (χ2v) is 26.6. The van der Waals surface area contributed by atoms with Gasteiger partial charge in [-0.1, -0.05) is 107 Å². The zero-order valence-corrected chi connectivity index (χ0v) is 64.5. The van der Waals surface area contributed by atoms with Crippen molar-refractivity contribution in [3.63, 3.8) is 0 Å². The van der Waals surface area contributed by atoms with E-state index in [1.54, 1.807) is 54.6 Å². The number of carbonyl (C=O) groups excluding carboxylic acids is 2. The van der Waals surface area contributed by atoms with Crippen LogP contribution < -0.4 is 74.1 Å². The number of methoxy groups -OCH3 is 3. The minimum absolute atomic E-state index is 0.0140. The van der Waals surface area contributed by atoms with Crippen molar-refractivity contribution in [1.29, 1.82) is 0 Å². The summed E-state index contributed by atoms with van der Waals surface area (Å²) in [6.07, 6.45) is 6.05. The number of nitrogens with one attached hydrogen (secondary N) is 4. The topological polar surface area (TPSA) is 531 Å². The summed E-state index contributed by atoms with van der Waals surface area (Å²) in [5.74, 6) is 0.820. The zero-order chi connectivity index (χ0) is 81.1. The highest BCUT2D eigenvalue weighted by molar-refractivity contribution is 7.48. The number of phosphoric acid groups is 1. The van der Waals surface area contributed by atoms with Gasteiger partial charge in [-0.15, -0.1) is 0 Å². The highest BCUT2D eigenvalue weighted by Crippen LogP contribution is 2.48. The Morgan fingerprint density at radius 3 is 1.36 bits per heavy atom. The van der Waals surface area contributed by atoms with Gasteiger partial charge in [-0.05, 0) is 71.8 Å². The van der Waals surface area contributed by atoms with E-state index in [1.807, 2.05) is 63.2 Å². The van der Waals surface area contributed by atoms with Crippen molar-refractivity contribution < 1.29 is 70.7 Å². The average molecular weight is 1580 g/mol. The quantitative estimate of drug-likeness (QED) is 0.0112. The first-order valence-corrected chi connectivity index (χ1v) is 37.2. The van der Waals surface area contributed by atoms with E-state index >= 15 is 0 Å². The van der Waals surface area contributed by atoms with Crippen LogP contribution in [-0.4, -0.2) is 170 Å². The van der Waals surface area contributed by atoms with Crippen molar-refractivity contribution in [3.8, 4) is 35.5 Å². The zero-order valence-electron chi connectivity index (χ0n) is 63.6. The number of nitrogens with two attached hydrogens (primary N) is 4. The number of aromatic nitrogens is 16. The molecule has 0 unspecified atom stereocenters. The molecule has 0 radical (unpaired) electrons. The third-order valence-electron chi connectivity index (χ3n) is 16.7. The Bertz CT molecular complexity index is 5500. The number of hydrogen-bond acceptors (Lipinski definition) is 31. The van der Waals surface area contributed by atoms with Crippen molar-refractivity contribution in [2.45, 2.75) is 105 Å². The Labute approximate surface area is 644 Å². The lowest BCUT2D eigenvalue weighted by Crippen LogP contribution is -2.21. The number of H-pyrrole nitrogens is 4. The number of ether oxygens (including phenoxy) is 8. The van der Waals surface area contributed by atoms with Gasteiger partial charge < -0.3 is 85.9 Å². The third-order valence-corrected chi connectivity index (χ3v) is 18.0. The molecule has 0 atom stereocenters. The third kappa shape index (κ3) is 22.5. The lowest BCUT2D eigenvalue weighted by atomic mass is 10.1. The SMILES string of the molecule is CCCCOc1nc(N)c2[nH]c(=O)n(CCOc3cccc(C(=O)OC)c3)c2n1.CCCCOc1nc(N)c2[nH]c(=O)n(Cc3cc(CC(=O)OC)ccc3OC)c2n1.CCCCOc1nc(N)c2[nH]c(=O)n(Cc3cccc(COP(=O)(OC)OC)c3)c2n1.Nc1nc(OCCCO)nc2c1[nH]c(=O)n2Cc1ccccc1. The molecule has 602 valence electrons. The number of anilines is 4. The Morgan fingerprint density at radius 2 is 0.903 bits per heavy atom. The lowest BCUT2D eigenvalue weighted by molar-refractivity contribution is -0.139. The molecule has 40 heteroatoms. The summed E-state index contributed by atoms with van der Waals surface area (Å²) in [6, 6.07) is 29.2. The van der Waals surface area contributed by atoms with Crippen molar-refractivity contribution in [1.82, 2.24) is 78.1 Å². The van der Waals surface area contributed by atoms with Gasteiger partial charge in [-0.25, -0.2) is 28.5 Å². The van der Waals surface area contributed by atoms with Crippen LogP contribution in [0, 0.1) is 0 Å². The standard InChI is InChI=1S/C20H25N5O5.C19H26N5O6P.C19H23N5O5.C15H17N5O3/c1-4-5-8-30-19-23-17(21)16-18(24-19)25(20(27)22-16)11-13-9-12(10-15(26)29-3)6-7-14(13)28-2;1-4-5-9-29-18-22-16(20)15-17(23-18)24(19(25)21-15)11-13-7-6-8-14(10-13)12-30-31(26,27-2)28-3;1-3-4-9-29-18-22-15(20)14-16(23-18)24(19(26)21-14)8-10-28-13-7-5-6-12(11-13)17(25)27-2;16-12-11-13(19-14(18-12)23-8-4-7-21)20(15(22)17-11)9-10-5-2-1-3-6-10/h6-7,9H,4-5,8,10-11H2,1-3H3,(H,22,27)(H2,21,23,24);6-8,10H,4-5,9,11-12H2,1-3H3,(H,21,25)(H2,20,22,23);5-7,11H,3-4,8-10H2,1-2H3,(H,21,26)(H2,20,22,23);1-3,5-6,21H,4,7-9H2,(H,17,22)(H2,16,18,19). The Morgan fingerprint density at radius 1 is 0.460 bits per heavy atom. The maximum atomic E-state index is 12.6. The summed E-state index contributed by atoms with van der Waals surface area (Å²) in [5.41, 5.74) is 29.5. The number of nitrogens with zero attached hydrogens (tertiary/aromatic N) is 12. The molecule has 8 heterocycles. The highest BCUT2D eigenvalue weighted by Gasteiger charge is 2.24. The molecule has 12 aromatic rings. The Kier molecular flexibility index (Phi) is 30.5. The molecule has 8 aromatic heterocycles. The summed E-state index contributed by atoms with van der Waals surface area (Å²) in [4.78, 5) is 117. The van der Waals surface area contributed by atoms with E-state index in [4.69, 9.17) is 79.5 Å². The lowest BCUT2D eigenvalue weighted by Gasteiger charge is -2.13. The smallest absolute Gasteiger partial charge is 0.474 e. The molecular weight excluding hydrogens is 1490 g/mol. The summed E-state index contributed by atoms with van der Waals surface area (Å²) in [5, 5.41) is 8.79. The van der Waals surface area contributed by atoms with Gasteiger partial charge in [-0.2, -0.15) is 39.9 Å². The molecule has 0 spiro atoms. The normalized spacial score (nSPS) is 11.2.